The van der Waals surface area contributed by atoms with Crippen molar-refractivity contribution in [3.63, 3.8) is 0 Å². The van der Waals surface area contributed by atoms with Crippen molar-refractivity contribution in [2.75, 3.05) is 25.1 Å². The quantitative estimate of drug-likeness (QED) is 0.639. The second-order valence-electron chi connectivity index (χ2n) is 2.87. The summed E-state index contributed by atoms with van der Waals surface area (Å²) in [7, 11) is 3.95. The maximum absolute atomic E-state index is 8.71. The number of aryl methyl sites for hydroxylation is 1. The first kappa shape index (κ1) is 9.00. The van der Waals surface area contributed by atoms with E-state index in [-0.39, 0.29) is 6.61 Å². The van der Waals surface area contributed by atoms with E-state index in [1.165, 1.54) is 0 Å². The van der Waals surface area contributed by atoms with Crippen molar-refractivity contribution in [2.45, 2.75) is 0 Å². The van der Waals surface area contributed by atoms with Crippen LogP contribution in [-0.4, -0.2) is 25.3 Å². The van der Waals surface area contributed by atoms with Gasteiger partial charge in [0.05, 0.1) is 6.61 Å². The number of pyridine rings is 1. The van der Waals surface area contributed by atoms with Gasteiger partial charge in [-0.1, -0.05) is 0 Å². The van der Waals surface area contributed by atoms with E-state index in [2.05, 4.69) is 0 Å². The summed E-state index contributed by atoms with van der Waals surface area (Å²) in [4.78, 5) is 2.01. The second-order valence-corrected chi connectivity index (χ2v) is 2.87. The number of aliphatic hydroxyl groups excluding tert-OH is 1. The van der Waals surface area contributed by atoms with E-state index in [1.807, 2.05) is 48.1 Å². The smallest absolute Gasteiger partial charge is 0.170 e. The van der Waals surface area contributed by atoms with Gasteiger partial charge in [-0.15, -0.1) is 0 Å². The van der Waals surface area contributed by atoms with E-state index in [1.54, 1.807) is 0 Å². The highest BCUT2D eigenvalue weighted by Crippen LogP contribution is 2.07. The summed E-state index contributed by atoms with van der Waals surface area (Å²) >= 11 is 0. The summed E-state index contributed by atoms with van der Waals surface area (Å²) in [5.41, 5.74) is 1.13. The van der Waals surface area contributed by atoms with E-state index in [4.69, 9.17) is 5.11 Å². The molecule has 0 spiro atoms. The van der Waals surface area contributed by atoms with Crippen LogP contribution in [0.25, 0.3) is 0 Å². The van der Waals surface area contributed by atoms with Gasteiger partial charge in [-0.05, 0) is 0 Å². The summed E-state index contributed by atoms with van der Waals surface area (Å²) in [6, 6.07) is 4.05. The SMILES string of the molecule is CN(CCO)c1cc[n+](C)cc1. The number of nitrogens with zero attached hydrogens (tertiary/aromatic N) is 2. The van der Waals surface area contributed by atoms with E-state index in [9.17, 15) is 0 Å². The van der Waals surface area contributed by atoms with E-state index < -0.39 is 0 Å². The molecule has 0 aliphatic rings. The van der Waals surface area contributed by atoms with Gasteiger partial charge in [0, 0.05) is 31.4 Å². The molecule has 12 heavy (non-hydrogen) atoms. The van der Waals surface area contributed by atoms with Gasteiger partial charge in [0.15, 0.2) is 12.4 Å². The Balaban J connectivity index is 2.68. The molecule has 1 aromatic rings. The number of aliphatic hydroxyl groups is 1. The van der Waals surface area contributed by atoms with Crippen molar-refractivity contribution in [3.8, 4) is 0 Å². The highest BCUT2D eigenvalue weighted by Gasteiger charge is 2.00. The Bertz CT molecular complexity index is 233. The fourth-order valence-electron chi connectivity index (χ4n) is 1.03. The van der Waals surface area contributed by atoms with Gasteiger partial charge in [-0.25, -0.2) is 4.57 Å². The third kappa shape index (κ3) is 2.20. The molecule has 1 rings (SSSR count). The minimum atomic E-state index is 0.192. The van der Waals surface area contributed by atoms with Gasteiger partial charge < -0.3 is 10.0 Å². The Hall–Kier alpha value is -1.09. The lowest BCUT2D eigenvalue weighted by Crippen LogP contribution is -2.28. The maximum atomic E-state index is 8.71. The monoisotopic (exact) mass is 167 g/mol. The molecular weight excluding hydrogens is 152 g/mol. The van der Waals surface area contributed by atoms with Gasteiger partial charge in [-0.2, -0.15) is 0 Å². The first-order chi connectivity index (χ1) is 5.74. The van der Waals surface area contributed by atoms with E-state index in [0.717, 1.165) is 5.69 Å². The number of aromatic nitrogens is 1. The van der Waals surface area contributed by atoms with Crippen molar-refractivity contribution < 1.29 is 9.67 Å². The Morgan fingerprint density at radius 1 is 1.42 bits per heavy atom. The Kier molecular flexibility index (Phi) is 3.05. The molecule has 0 fully saturated rings. The van der Waals surface area contributed by atoms with Crippen LogP contribution in [-0.2, 0) is 7.05 Å². The molecule has 0 bridgehead atoms. The summed E-state index contributed by atoms with van der Waals surface area (Å²) in [6.45, 7) is 0.866. The van der Waals surface area contributed by atoms with E-state index >= 15 is 0 Å². The molecule has 0 aliphatic carbocycles. The second kappa shape index (κ2) is 4.07. The zero-order valence-corrected chi connectivity index (χ0v) is 7.57. The summed E-state index contributed by atoms with van der Waals surface area (Å²) in [5, 5.41) is 8.71. The molecule has 1 aromatic heterocycles. The van der Waals surface area contributed by atoms with Gasteiger partial charge >= 0.3 is 0 Å². The van der Waals surface area contributed by atoms with Crippen LogP contribution in [0, 0.1) is 0 Å². The fourth-order valence-corrected chi connectivity index (χ4v) is 1.03. The Morgan fingerprint density at radius 2 is 2.00 bits per heavy atom. The molecule has 1 N–H and O–H groups in total. The molecule has 0 unspecified atom stereocenters. The Morgan fingerprint density at radius 3 is 2.50 bits per heavy atom. The van der Waals surface area contributed by atoms with Gasteiger partial charge in [-0.3, -0.25) is 0 Å². The predicted octanol–water partition coefficient (Wildman–Crippen LogP) is -0.0604. The molecule has 3 nitrogen and oxygen atoms in total. The summed E-state index contributed by atoms with van der Waals surface area (Å²) < 4.78 is 1.98. The van der Waals surface area contributed by atoms with Crippen molar-refractivity contribution in [3.05, 3.63) is 24.5 Å². The molecule has 0 aliphatic heterocycles. The first-order valence-corrected chi connectivity index (χ1v) is 4.01. The van der Waals surface area contributed by atoms with Crippen LogP contribution in [0.3, 0.4) is 0 Å². The van der Waals surface area contributed by atoms with Crippen LogP contribution in [0.4, 0.5) is 5.69 Å². The maximum Gasteiger partial charge on any atom is 0.170 e. The highest BCUT2D eigenvalue weighted by molar-refractivity contribution is 5.42. The van der Waals surface area contributed by atoms with Crippen LogP contribution in [0.1, 0.15) is 0 Å². The molecule has 0 atom stereocenters. The third-order valence-corrected chi connectivity index (χ3v) is 1.84. The normalized spacial score (nSPS) is 9.92. The molecular formula is C9H15N2O+. The van der Waals surface area contributed by atoms with Gasteiger partial charge in [0.2, 0.25) is 0 Å². The number of anilines is 1. The number of hydrogen-bond acceptors (Lipinski definition) is 2. The topological polar surface area (TPSA) is 27.3 Å². The van der Waals surface area contributed by atoms with Crippen molar-refractivity contribution in [1.82, 2.24) is 0 Å². The zero-order valence-electron chi connectivity index (χ0n) is 7.57. The predicted molar refractivity (Wildman–Crippen MR) is 48.0 cm³/mol. The lowest BCUT2D eigenvalue weighted by molar-refractivity contribution is -0.671. The standard InChI is InChI=1S/C9H15N2O/c1-10-5-3-9(4-6-10)11(2)7-8-12/h3-6,12H,7-8H2,1-2H3/q+1. The van der Waals surface area contributed by atoms with Crippen molar-refractivity contribution in [1.29, 1.82) is 0 Å². The number of likely N-dealkylation sites (N-methyl/N-ethyl adjacent to an activating group) is 1. The third-order valence-electron chi connectivity index (χ3n) is 1.84. The highest BCUT2D eigenvalue weighted by atomic mass is 16.3. The molecule has 1 heterocycles. The molecule has 66 valence electrons. The number of rotatable bonds is 3. The molecule has 0 aromatic carbocycles. The fraction of sp³-hybridized carbons (Fsp3) is 0.444. The van der Waals surface area contributed by atoms with Crippen molar-refractivity contribution in [2.24, 2.45) is 7.05 Å². The lowest BCUT2D eigenvalue weighted by Gasteiger charge is -2.16. The van der Waals surface area contributed by atoms with Crippen LogP contribution in [0.15, 0.2) is 24.5 Å². The zero-order chi connectivity index (χ0) is 8.97. The minimum Gasteiger partial charge on any atom is -0.395 e. The lowest BCUT2D eigenvalue weighted by atomic mass is 10.3. The molecule has 0 saturated carbocycles. The van der Waals surface area contributed by atoms with Gasteiger partial charge in [0.1, 0.15) is 7.05 Å². The van der Waals surface area contributed by atoms with Crippen LogP contribution >= 0.6 is 0 Å². The number of hydrogen-bond donors (Lipinski definition) is 1. The van der Waals surface area contributed by atoms with Crippen molar-refractivity contribution >= 4 is 5.69 Å². The summed E-state index contributed by atoms with van der Waals surface area (Å²) in [6.07, 6.45) is 3.98. The largest absolute Gasteiger partial charge is 0.395 e. The minimum absolute atomic E-state index is 0.192. The Labute approximate surface area is 72.9 Å². The average Bonchev–Trinajstić information content (AvgIpc) is 2.06. The molecule has 0 amide bonds. The molecule has 0 saturated heterocycles. The molecule has 3 heteroatoms. The van der Waals surface area contributed by atoms with Gasteiger partial charge in [0.25, 0.3) is 0 Å². The summed E-state index contributed by atoms with van der Waals surface area (Å²) in [5.74, 6) is 0. The van der Waals surface area contributed by atoms with Crippen LogP contribution in [0.5, 0.6) is 0 Å². The molecule has 0 radical (unpaired) electrons. The van der Waals surface area contributed by atoms with E-state index in [0.29, 0.717) is 6.54 Å². The van der Waals surface area contributed by atoms with Crippen LogP contribution in [0.2, 0.25) is 0 Å². The average molecular weight is 167 g/mol. The first-order valence-electron chi connectivity index (χ1n) is 4.01. The van der Waals surface area contributed by atoms with Crippen LogP contribution < -0.4 is 9.47 Å².